The van der Waals surface area contributed by atoms with E-state index in [1.54, 1.807) is 19.2 Å². The van der Waals surface area contributed by atoms with Gasteiger partial charge in [-0.3, -0.25) is 4.99 Å². The summed E-state index contributed by atoms with van der Waals surface area (Å²) in [7, 11) is 3.65. The van der Waals surface area contributed by atoms with Gasteiger partial charge in [-0.15, -0.1) is 24.0 Å². The molecule has 2 aromatic carbocycles. The van der Waals surface area contributed by atoms with Crippen molar-refractivity contribution in [2.45, 2.75) is 12.6 Å². The number of hydrogen-bond acceptors (Lipinski definition) is 4. The molecule has 27 heavy (non-hydrogen) atoms. The molecule has 1 unspecified atom stereocenters. The minimum Gasteiger partial charge on any atom is -0.454 e. The number of benzene rings is 2. The summed E-state index contributed by atoms with van der Waals surface area (Å²) in [6.07, 6.45) is -0.650. The summed E-state index contributed by atoms with van der Waals surface area (Å²) in [5.74, 6) is 2.22. The van der Waals surface area contributed by atoms with Crippen molar-refractivity contribution in [3.63, 3.8) is 0 Å². The molecule has 0 bridgehead atoms. The van der Waals surface area contributed by atoms with E-state index in [0.717, 1.165) is 22.6 Å². The molecule has 3 rings (SSSR count). The van der Waals surface area contributed by atoms with Crippen molar-refractivity contribution < 1.29 is 14.6 Å². The van der Waals surface area contributed by atoms with Crippen LogP contribution < -0.4 is 14.8 Å². The van der Waals surface area contributed by atoms with Crippen LogP contribution in [0.1, 0.15) is 17.2 Å². The molecule has 1 aliphatic heterocycles. The van der Waals surface area contributed by atoms with Crippen LogP contribution in [0.15, 0.2) is 47.5 Å². The maximum Gasteiger partial charge on any atom is 0.231 e. The first-order chi connectivity index (χ1) is 12.6. The van der Waals surface area contributed by atoms with Crippen molar-refractivity contribution in [3.05, 3.63) is 58.6 Å². The quantitative estimate of drug-likeness (QED) is 0.372. The van der Waals surface area contributed by atoms with Crippen molar-refractivity contribution in [2.24, 2.45) is 4.99 Å². The number of aliphatic hydroxyl groups is 1. The molecule has 0 saturated heterocycles. The molecule has 2 aromatic rings. The van der Waals surface area contributed by atoms with Gasteiger partial charge in [0.25, 0.3) is 0 Å². The summed E-state index contributed by atoms with van der Waals surface area (Å²) < 4.78 is 10.7. The summed E-state index contributed by atoms with van der Waals surface area (Å²) in [6.45, 7) is 1.26. The second-order valence-corrected chi connectivity index (χ2v) is 6.48. The second-order valence-electron chi connectivity index (χ2n) is 6.04. The zero-order valence-corrected chi connectivity index (χ0v) is 18.3. The minimum atomic E-state index is -0.650. The lowest BCUT2D eigenvalue weighted by Crippen LogP contribution is -2.40. The van der Waals surface area contributed by atoms with Gasteiger partial charge in [0.1, 0.15) is 0 Å². The zero-order valence-electron chi connectivity index (χ0n) is 15.2. The third kappa shape index (κ3) is 5.63. The Morgan fingerprint density at radius 3 is 2.63 bits per heavy atom. The summed E-state index contributed by atoms with van der Waals surface area (Å²) in [5, 5.41) is 14.2. The van der Waals surface area contributed by atoms with Crippen molar-refractivity contribution in [1.29, 1.82) is 0 Å². The van der Waals surface area contributed by atoms with E-state index >= 15 is 0 Å². The third-order valence-corrected chi connectivity index (χ3v) is 4.39. The fourth-order valence-electron chi connectivity index (χ4n) is 2.76. The van der Waals surface area contributed by atoms with Crippen LogP contribution in [0.3, 0.4) is 0 Å². The Morgan fingerprint density at radius 2 is 1.93 bits per heavy atom. The van der Waals surface area contributed by atoms with Gasteiger partial charge in [0.15, 0.2) is 17.5 Å². The van der Waals surface area contributed by atoms with Gasteiger partial charge in [0.2, 0.25) is 6.79 Å². The van der Waals surface area contributed by atoms with E-state index in [1.807, 2.05) is 42.3 Å². The lowest BCUT2D eigenvalue weighted by molar-refractivity contribution is 0.174. The Bertz CT molecular complexity index is 786. The SMILES string of the molecule is CN=C(NCC(O)c1ccc(Cl)cc1)N(C)Cc1ccc2c(c1)OCO2.I. The van der Waals surface area contributed by atoms with Crippen LogP contribution >= 0.6 is 35.6 Å². The van der Waals surface area contributed by atoms with Crippen LogP contribution in [0.4, 0.5) is 0 Å². The standard InChI is InChI=1S/C19H22ClN3O3.HI/c1-21-19(22-10-16(24)14-4-6-15(20)7-5-14)23(2)11-13-3-8-17-18(9-13)26-12-25-17;/h3-9,16,24H,10-12H2,1-2H3,(H,21,22);1H. The van der Waals surface area contributed by atoms with E-state index in [4.69, 9.17) is 21.1 Å². The Kier molecular flexibility index (Phi) is 8.00. The van der Waals surface area contributed by atoms with Gasteiger partial charge >= 0.3 is 0 Å². The Morgan fingerprint density at radius 1 is 1.22 bits per heavy atom. The van der Waals surface area contributed by atoms with E-state index in [1.165, 1.54) is 0 Å². The zero-order chi connectivity index (χ0) is 18.5. The molecule has 1 atom stereocenters. The third-order valence-electron chi connectivity index (χ3n) is 4.14. The average molecular weight is 504 g/mol. The highest BCUT2D eigenvalue weighted by Crippen LogP contribution is 2.32. The molecule has 2 N–H and O–H groups in total. The second kappa shape index (κ2) is 10.0. The molecule has 0 amide bonds. The topological polar surface area (TPSA) is 66.3 Å². The van der Waals surface area contributed by atoms with Gasteiger partial charge in [-0.25, -0.2) is 0 Å². The Labute approximate surface area is 181 Å². The molecule has 0 fully saturated rings. The van der Waals surface area contributed by atoms with Gasteiger partial charge in [0.05, 0.1) is 6.10 Å². The summed E-state index contributed by atoms with van der Waals surface area (Å²) in [6, 6.07) is 13.0. The van der Waals surface area contributed by atoms with Crippen LogP contribution in [0.2, 0.25) is 5.02 Å². The lowest BCUT2D eigenvalue weighted by atomic mass is 10.1. The number of rotatable bonds is 5. The predicted octanol–water partition coefficient (Wildman–Crippen LogP) is 3.43. The first-order valence-corrected chi connectivity index (χ1v) is 8.68. The monoisotopic (exact) mass is 503 g/mol. The number of fused-ring (bicyclic) bond motifs is 1. The van der Waals surface area contributed by atoms with Crippen molar-refractivity contribution in [1.82, 2.24) is 10.2 Å². The maximum absolute atomic E-state index is 10.3. The van der Waals surface area contributed by atoms with Gasteiger partial charge in [0, 0.05) is 32.2 Å². The molecule has 6 nitrogen and oxygen atoms in total. The van der Waals surface area contributed by atoms with Crippen molar-refractivity contribution >= 4 is 41.5 Å². The highest BCUT2D eigenvalue weighted by atomic mass is 127. The molecule has 0 saturated carbocycles. The fourth-order valence-corrected chi connectivity index (χ4v) is 2.89. The molecule has 0 aromatic heterocycles. The number of ether oxygens (including phenoxy) is 2. The largest absolute Gasteiger partial charge is 0.454 e. The van der Waals surface area contributed by atoms with E-state index in [9.17, 15) is 5.11 Å². The molecule has 0 spiro atoms. The van der Waals surface area contributed by atoms with E-state index in [-0.39, 0.29) is 30.8 Å². The number of aliphatic hydroxyl groups excluding tert-OH is 1. The predicted molar refractivity (Wildman–Crippen MR) is 117 cm³/mol. The molecule has 146 valence electrons. The minimum absolute atomic E-state index is 0. The number of halogens is 2. The van der Waals surface area contributed by atoms with Crippen molar-refractivity contribution in [3.8, 4) is 11.5 Å². The summed E-state index contributed by atoms with van der Waals surface area (Å²) in [5.41, 5.74) is 1.88. The highest BCUT2D eigenvalue weighted by Gasteiger charge is 2.15. The van der Waals surface area contributed by atoms with Crippen LogP contribution in [0.25, 0.3) is 0 Å². The van der Waals surface area contributed by atoms with E-state index in [2.05, 4.69) is 10.3 Å². The number of nitrogens with one attached hydrogen (secondary N) is 1. The summed E-state index contributed by atoms with van der Waals surface area (Å²) >= 11 is 5.88. The first kappa shape index (κ1) is 21.6. The Hall–Kier alpha value is -1.71. The maximum atomic E-state index is 10.3. The van der Waals surface area contributed by atoms with Crippen LogP contribution in [0.5, 0.6) is 11.5 Å². The summed E-state index contributed by atoms with van der Waals surface area (Å²) in [4.78, 5) is 6.26. The van der Waals surface area contributed by atoms with Crippen molar-refractivity contribution in [2.75, 3.05) is 27.4 Å². The van der Waals surface area contributed by atoms with Gasteiger partial charge in [-0.2, -0.15) is 0 Å². The first-order valence-electron chi connectivity index (χ1n) is 8.30. The molecular weight excluding hydrogens is 481 g/mol. The molecule has 0 aliphatic carbocycles. The molecule has 1 heterocycles. The Balaban J connectivity index is 0.00000261. The number of aliphatic imine (C=N–C) groups is 1. The van der Waals surface area contributed by atoms with Crippen LogP contribution in [0, 0.1) is 0 Å². The normalized spacial score (nSPS) is 13.7. The highest BCUT2D eigenvalue weighted by molar-refractivity contribution is 14.0. The fraction of sp³-hybridized carbons (Fsp3) is 0.316. The van der Waals surface area contributed by atoms with Crippen LogP contribution in [-0.4, -0.2) is 43.4 Å². The van der Waals surface area contributed by atoms with E-state index in [0.29, 0.717) is 24.1 Å². The van der Waals surface area contributed by atoms with Crippen LogP contribution in [-0.2, 0) is 6.54 Å². The average Bonchev–Trinajstić information content (AvgIpc) is 3.10. The lowest BCUT2D eigenvalue weighted by Gasteiger charge is -2.23. The smallest absolute Gasteiger partial charge is 0.231 e. The molecule has 8 heteroatoms. The van der Waals surface area contributed by atoms with E-state index < -0.39 is 6.10 Å². The van der Waals surface area contributed by atoms with Gasteiger partial charge in [-0.1, -0.05) is 29.8 Å². The molecule has 1 aliphatic rings. The number of guanidine groups is 1. The molecule has 0 radical (unpaired) electrons. The number of nitrogens with zero attached hydrogens (tertiary/aromatic N) is 2. The molecular formula is C19H23ClIN3O3. The number of hydrogen-bond donors (Lipinski definition) is 2. The van der Waals surface area contributed by atoms with Gasteiger partial charge in [-0.05, 0) is 35.4 Å². The van der Waals surface area contributed by atoms with Gasteiger partial charge < -0.3 is 24.8 Å².